The molecule has 0 unspecified atom stereocenters. The third-order valence-corrected chi connectivity index (χ3v) is 3.65. The highest BCUT2D eigenvalue weighted by Crippen LogP contribution is 2.34. The number of hydrogen-bond acceptors (Lipinski definition) is 4. The van der Waals surface area contributed by atoms with Crippen LogP contribution in [0.5, 0.6) is 0 Å². The molecule has 0 amide bonds. The van der Waals surface area contributed by atoms with Crippen LogP contribution in [0.25, 0.3) is 10.9 Å². The molecule has 2 heterocycles. The van der Waals surface area contributed by atoms with Crippen molar-refractivity contribution in [3.05, 3.63) is 36.0 Å². The summed E-state index contributed by atoms with van der Waals surface area (Å²) >= 11 is 0. The zero-order valence-corrected chi connectivity index (χ0v) is 11.3. The van der Waals surface area contributed by atoms with Gasteiger partial charge in [-0.25, -0.2) is 8.78 Å². The van der Waals surface area contributed by atoms with E-state index in [1.807, 2.05) is 0 Å². The fourth-order valence-corrected chi connectivity index (χ4v) is 2.85. The number of halogens is 2. The maximum atomic E-state index is 13.7. The normalized spacial score (nSPS) is 21.2. The van der Waals surface area contributed by atoms with Gasteiger partial charge in [-0.1, -0.05) is 0 Å². The lowest BCUT2D eigenvalue weighted by atomic mass is 10.0. The summed E-state index contributed by atoms with van der Waals surface area (Å²) in [6.45, 7) is 0.00206. The number of nitrogens with zero attached hydrogens (tertiary/aromatic N) is 3. The summed E-state index contributed by atoms with van der Waals surface area (Å²) in [7, 11) is 0. The fraction of sp³-hybridized carbons (Fsp3) is 0.333. The Morgan fingerprint density at radius 2 is 2.19 bits per heavy atom. The van der Waals surface area contributed by atoms with E-state index in [-0.39, 0.29) is 13.0 Å². The molecule has 0 bridgehead atoms. The Kier molecular flexibility index (Phi) is 3.22. The predicted octanol–water partition coefficient (Wildman–Crippen LogP) is 2.28. The molecular weight excluding hydrogens is 274 g/mol. The van der Waals surface area contributed by atoms with Crippen molar-refractivity contribution >= 4 is 16.6 Å². The number of aromatic nitrogens is 1. The summed E-state index contributed by atoms with van der Waals surface area (Å²) in [6, 6.07) is 8.32. The van der Waals surface area contributed by atoms with Gasteiger partial charge >= 0.3 is 0 Å². The molecular formula is C15H14F2N4. The van der Waals surface area contributed by atoms with Gasteiger partial charge in [0, 0.05) is 36.3 Å². The van der Waals surface area contributed by atoms with Gasteiger partial charge in [-0.15, -0.1) is 0 Å². The minimum atomic E-state index is -2.81. The first-order valence-corrected chi connectivity index (χ1v) is 6.66. The Labute approximate surface area is 120 Å². The van der Waals surface area contributed by atoms with Crippen LogP contribution < -0.4 is 10.6 Å². The van der Waals surface area contributed by atoms with Crippen LogP contribution in [0.2, 0.25) is 0 Å². The minimum absolute atomic E-state index is 0.296. The molecule has 1 fully saturated rings. The van der Waals surface area contributed by atoms with Gasteiger partial charge in [-0.2, -0.15) is 5.26 Å². The third-order valence-electron chi connectivity index (χ3n) is 3.65. The van der Waals surface area contributed by atoms with E-state index in [9.17, 15) is 8.78 Å². The van der Waals surface area contributed by atoms with E-state index >= 15 is 0 Å². The highest BCUT2D eigenvalue weighted by atomic mass is 19.3. The van der Waals surface area contributed by atoms with E-state index < -0.39 is 12.0 Å². The van der Waals surface area contributed by atoms with Crippen LogP contribution in [0.3, 0.4) is 0 Å². The summed E-state index contributed by atoms with van der Waals surface area (Å²) in [4.78, 5) is 5.78. The van der Waals surface area contributed by atoms with Crippen molar-refractivity contribution in [2.45, 2.75) is 18.4 Å². The predicted molar refractivity (Wildman–Crippen MR) is 76.2 cm³/mol. The molecule has 1 atom stereocenters. The Morgan fingerprint density at radius 1 is 1.38 bits per heavy atom. The monoisotopic (exact) mass is 288 g/mol. The molecule has 0 saturated carbocycles. The Balaban J connectivity index is 2.11. The number of fused-ring (bicyclic) bond motifs is 1. The van der Waals surface area contributed by atoms with Crippen molar-refractivity contribution in [2.24, 2.45) is 5.73 Å². The highest BCUT2D eigenvalue weighted by Gasteiger charge is 2.39. The molecule has 1 saturated heterocycles. The van der Waals surface area contributed by atoms with Crippen molar-refractivity contribution in [3.8, 4) is 6.07 Å². The van der Waals surface area contributed by atoms with Crippen molar-refractivity contribution in [1.82, 2.24) is 4.98 Å². The first kappa shape index (κ1) is 13.7. The molecule has 1 aliphatic heterocycles. The molecule has 0 radical (unpaired) electrons. The van der Waals surface area contributed by atoms with Crippen LogP contribution in [0.15, 0.2) is 30.5 Å². The second kappa shape index (κ2) is 4.93. The van der Waals surface area contributed by atoms with Crippen LogP contribution in [0, 0.1) is 11.3 Å². The topological polar surface area (TPSA) is 65.9 Å². The van der Waals surface area contributed by atoms with E-state index in [4.69, 9.17) is 11.0 Å². The van der Waals surface area contributed by atoms with Gasteiger partial charge < -0.3 is 10.6 Å². The van der Waals surface area contributed by atoms with Gasteiger partial charge in [0.15, 0.2) is 0 Å². The average molecular weight is 288 g/mol. The number of piperidine rings is 1. The summed E-state index contributed by atoms with van der Waals surface area (Å²) in [5, 5.41) is 9.81. The highest BCUT2D eigenvalue weighted by molar-refractivity contribution is 5.95. The molecule has 2 N–H and O–H groups in total. The largest absolute Gasteiger partial charge is 0.363 e. The van der Waals surface area contributed by atoms with Gasteiger partial charge in [-0.05, 0) is 24.3 Å². The van der Waals surface area contributed by atoms with Crippen molar-refractivity contribution in [2.75, 3.05) is 18.0 Å². The van der Waals surface area contributed by atoms with E-state index in [2.05, 4.69) is 11.1 Å². The number of rotatable bonds is 1. The second-order valence-electron chi connectivity index (χ2n) is 5.34. The lowest BCUT2D eigenvalue weighted by Gasteiger charge is -2.38. The SMILES string of the molecule is N#Cc1ccc(N2C[C@H](N)CC(F)(F)C2)c2cccnc12. The number of benzene rings is 1. The lowest BCUT2D eigenvalue weighted by Crippen LogP contribution is -2.52. The Hall–Kier alpha value is -2.26. The maximum absolute atomic E-state index is 13.7. The van der Waals surface area contributed by atoms with Crippen LogP contribution >= 0.6 is 0 Å². The summed E-state index contributed by atoms with van der Waals surface area (Å²) in [5.41, 5.74) is 7.35. The number of alkyl halides is 2. The van der Waals surface area contributed by atoms with Crippen molar-refractivity contribution in [1.29, 1.82) is 5.26 Å². The number of hydrogen-bond donors (Lipinski definition) is 1. The van der Waals surface area contributed by atoms with Crippen LogP contribution in [-0.2, 0) is 0 Å². The smallest absolute Gasteiger partial charge is 0.266 e. The molecule has 0 aliphatic carbocycles. The first-order valence-electron chi connectivity index (χ1n) is 6.66. The molecule has 2 aromatic rings. The number of anilines is 1. The molecule has 21 heavy (non-hydrogen) atoms. The zero-order chi connectivity index (χ0) is 15.0. The van der Waals surface area contributed by atoms with Gasteiger partial charge in [0.05, 0.1) is 17.6 Å². The van der Waals surface area contributed by atoms with Crippen molar-refractivity contribution < 1.29 is 8.78 Å². The van der Waals surface area contributed by atoms with E-state index in [0.29, 0.717) is 28.7 Å². The Morgan fingerprint density at radius 3 is 2.90 bits per heavy atom. The molecule has 4 nitrogen and oxygen atoms in total. The summed E-state index contributed by atoms with van der Waals surface area (Å²) in [5.74, 6) is -2.81. The molecule has 1 aromatic carbocycles. The van der Waals surface area contributed by atoms with Gasteiger partial charge in [-0.3, -0.25) is 4.98 Å². The van der Waals surface area contributed by atoms with Crippen LogP contribution in [-0.4, -0.2) is 30.0 Å². The molecule has 0 spiro atoms. The molecule has 108 valence electrons. The molecule has 1 aliphatic rings. The number of nitrogens with two attached hydrogens (primary N) is 1. The van der Waals surface area contributed by atoms with E-state index in [0.717, 1.165) is 0 Å². The standard InChI is InChI=1S/C15H14F2N4/c16-15(17)6-11(19)8-21(9-15)13-4-3-10(7-18)14-12(13)2-1-5-20-14/h1-5,11H,6,8-9,19H2/t11-/m1/s1. The Bertz CT molecular complexity index is 723. The van der Waals surface area contributed by atoms with Gasteiger partial charge in [0.25, 0.3) is 5.92 Å². The summed E-state index contributed by atoms with van der Waals surface area (Å²) in [6.07, 6.45) is 1.29. The summed E-state index contributed by atoms with van der Waals surface area (Å²) < 4.78 is 27.5. The van der Waals surface area contributed by atoms with Gasteiger partial charge in [0.1, 0.15) is 6.07 Å². The fourth-order valence-electron chi connectivity index (χ4n) is 2.85. The average Bonchev–Trinajstić information content (AvgIpc) is 2.44. The van der Waals surface area contributed by atoms with E-state index in [1.54, 1.807) is 35.4 Å². The molecule has 1 aromatic heterocycles. The first-order chi connectivity index (χ1) is 10.00. The number of pyridine rings is 1. The second-order valence-corrected chi connectivity index (χ2v) is 5.34. The van der Waals surface area contributed by atoms with Crippen molar-refractivity contribution in [3.63, 3.8) is 0 Å². The molecule has 6 heteroatoms. The van der Waals surface area contributed by atoms with Crippen LogP contribution in [0.4, 0.5) is 14.5 Å². The maximum Gasteiger partial charge on any atom is 0.266 e. The molecule has 3 rings (SSSR count). The van der Waals surface area contributed by atoms with Crippen LogP contribution in [0.1, 0.15) is 12.0 Å². The zero-order valence-electron chi connectivity index (χ0n) is 11.3. The minimum Gasteiger partial charge on any atom is -0.363 e. The third kappa shape index (κ3) is 2.52. The number of nitriles is 1. The lowest BCUT2D eigenvalue weighted by molar-refractivity contribution is -0.0171. The van der Waals surface area contributed by atoms with Gasteiger partial charge in [0.2, 0.25) is 0 Å². The quantitative estimate of drug-likeness (QED) is 0.874. The van der Waals surface area contributed by atoms with E-state index in [1.165, 1.54) is 0 Å².